The van der Waals surface area contributed by atoms with Gasteiger partial charge in [0.25, 0.3) is 0 Å². The maximum absolute atomic E-state index is 5.24. The van der Waals surface area contributed by atoms with Crippen molar-refractivity contribution in [1.82, 2.24) is 5.32 Å². The van der Waals surface area contributed by atoms with Crippen molar-refractivity contribution in [3.8, 4) is 0 Å². The summed E-state index contributed by atoms with van der Waals surface area (Å²) in [7, 11) is 5.17. The first kappa shape index (κ1) is 12.5. The molecule has 3 nitrogen and oxygen atoms in total. The van der Waals surface area contributed by atoms with Crippen LogP contribution in [0.2, 0.25) is 0 Å². The zero-order chi connectivity index (χ0) is 10.3. The van der Waals surface area contributed by atoms with Crippen LogP contribution in [-0.2, 0) is 9.47 Å². The minimum Gasteiger partial charge on any atom is -0.497 e. The molecule has 0 amide bonds. The number of nitrogens with one attached hydrogen (secondary N) is 1. The third-order valence-electron chi connectivity index (χ3n) is 2.08. The molecule has 0 rings (SSSR count). The highest BCUT2D eigenvalue weighted by atomic mass is 16.5. The lowest BCUT2D eigenvalue weighted by atomic mass is 10.1. The van der Waals surface area contributed by atoms with E-state index in [4.69, 9.17) is 9.47 Å². The second-order valence-corrected chi connectivity index (χ2v) is 3.06. The van der Waals surface area contributed by atoms with Crippen molar-refractivity contribution < 1.29 is 9.47 Å². The quantitative estimate of drug-likeness (QED) is 0.507. The summed E-state index contributed by atoms with van der Waals surface area (Å²) in [5.41, 5.74) is 0. The van der Waals surface area contributed by atoms with Gasteiger partial charge in [0.05, 0.1) is 7.11 Å². The SMILES string of the molecule is CCC(C)/C=C(\OC)[C@@H](NC)OC. The summed E-state index contributed by atoms with van der Waals surface area (Å²) in [6.07, 6.45) is 3.05. The van der Waals surface area contributed by atoms with E-state index in [1.54, 1.807) is 14.2 Å². The van der Waals surface area contributed by atoms with Crippen molar-refractivity contribution >= 4 is 0 Å². The van der Waals surface area contributed by atoms with Crippen molar-refractivity contribution in [3.63, 3.8) is 0 Å². The third kappa shape index (κ3) is 4.29. The van der Waals surface area contributed by atoms with Gasteiger partial charge in [-0.2, -0.15) is 0 Å². The number of rotatable bonds is 6. The zero-order valence-corrected chi connectivity index (χ0v) is 9.26. The van der Waals surface area contributed by atoms with E-state index >= 15 is 0 Å². The maximum Gasteiger partial charge on any atom is 0.165 e. The Bertz CT molecular complexity index is 153. The minimum absolute atomic E-state index is 0.140. The number of allylic oxidation sites excluding steroid dienone is 1. The average Bonchev–Trinajstić information content (AvgIpc) is 2.17. The van der Waals surface area contributed by atoms with Crippen LogP contribution < -0.4 is 5.32 Å². The third-order valence-corrected chi connectivity index (χ3v) is 2.08. The number of methoxy groups -OCH3 is 2. The van der Waals surface area contributed by atoms with Gasteiger partial charge in [-0.3, -0.25) is 5.32 Å². The van der Waals surface area contributed by atoms with Gasteiger partial charge < -0.3 is 9.47 Å². The molecule has 3 heteroatoms. The van der Waals surface area contributed by atoms with Gasteiger partial charge in [0.2, 0.25) is 0 Å². The van der Waals surface area contributed by atoms with Gasteiger partial charge in [0.1, 0.15) is 5.76 Å². The molecule has 1 unspecified atom stereocenters. The Labute approximate surface area is 81.1 Å². The van der Waals surface area contributed by atoms with Crippen molar-refractivity contribution in [2.24, 2.45) is 5.92 Å². The van der Waals surface area contributed by atoms with E-state index in [9.17, 15) is 0 Å². The second kappa shape index (κ2) is 6.92. The molecular formula is C10H21NO2. The standard InChI is InChI=1S/C10H21NO2/c1-6-8(2)7-9(12-4)10(11-3)13-5/h7-8,10-11H,6H2,1-5H3/b9-7-/t8?,10-/m0/s1. The molecule has 0 aromatic rings. The molecular weight excluding hydrogens is 166 g/mol. The summed E-state index contributed by atoms with van der Waals surface area (Å²) in [4.78, 5) is 0. The van der Waals surface area contributed by atoms with Crippen LogP contribution in [0.15, 0.2) is 11.8 Å². The molecule has 0 saturated carbocycles. The molecule has 0 spiro atoms. The predicted molar refractivity (Wildman–Crippen MR) is 54.4 cm³/mol. The van der Waals surface area contributed by atoms with Crippen LogP contribution in [0.5, 0.6) is 0 Å². The minimum atomic E-state index is -0.140. The summed E-state index contributed by atoms with van der Waals surface area (Å²) in [5, 5.41) is 3.02. The molecule has 0 radical (unpaired) electrons. The van der Waals surface area contributed by atoms with Gasteiger partial charge in [0, 0.05) is 7.11 Å². The lowest BCUT2D eigenvalue weighted by molar-refractivity contribution is 0.0595. The van der Waals surface area contributed by atoms with Crippen LogP contribution in [-0.4, -0.2) is 27.5 Å². The average molecular weight is 187 g/mol. The summed E-state index contributed by atoms with van der Waals surface area (Å²) < 4.78 is 10.4. The van der Waals surface area contributed by atoms with Gasteiger partial charge in [-0.25, -0.2) is 0 Å². The number of hydrogen-bond donors (Lipinski definition) is 1. The molecule has 78 valence electrons. The first-order chi connectivity index (χ1) is 6.19. The monoisotopic (exact) mass is 187 g/mol. The van der Waals surface area contributed by atoms with Gasteiger partial charge in [0.15, 0.2) is 6.23 Å². The molecule has 0 bridgehead atoms. The van der Waals surface area contributed by atoms with Crippen LogP contribution in [0.3, 0.4) is 0 Å². The molecule has 0 saturated heterocycles. The van der Waals surface area contributed by atoms with Crippen molar-refractivity contribution in [2.45, 2.75) is 26.5 Å². The smallest absolute Gasteiger partial charge is 0.165 e. The highest BCUT2D eigenvalue weighted by Crippen LogP contribution is 2.11. The molecule has 2 atom stereocenters. The fourth-order valence-corrected chi connectivity index (χ4v) is 1.04. The van der Waals surface area contributed by atoms with Crippen LogP contribution >= 0.6 is 0 Å². The van der Waals surface area contributed by atoms with Crippen LogP contribution in [0.25, 0.3) is 0 Å². The van der Waals surface area contributed by atoms with Crippen LogP contribution in [0.1, 0.15) is 20.3 Å². The Balaban J connectivity index is 4.36. The molecule has 1 N–H and O–H groups in total. The highest BCUT2D eigenvalue weighted by molar-refractivity contribution is 5.00. The van der Waals surface area contributed by atoms with Gasteiger partial charge in [-0.05, 0) is 25.5 Å². The Hall–Kier alpha value is -0.540. The zero-order valence-electron chi connectivity index (χ0n) is 9.26. The Kier molecular flexibility index (Phi) is 6.63. The fraction of sp³-hybridized carbons (Fsp3) is 0.800. The van der Waals surface area contributed by atoms with Crippen molar-refractivity contribution in [1.29, 1.82) is 0 Å². The van der Waals surface area contributed by atoms with Crippen molar-refractivity contribution in [2.75, 3.05) is 21.3 Å². The molecule has 0 aliphatic rings. The molecule has 0 heterocycles. The summed E-state index contributed by atoms with van der Waals surface area (Å²) in [6.45, 7) is 4.30. The lowest BCUT2D eigenvalue weighted by Crippen LogP contribution is -2.30. The van der Waals surface area contributed by atoms with E-state index in [2.05, 4.69) is 25.2 Å². The van der Waals surface area contributed by atoms with E-state index in [0.29, 0.717) is 5.92 Å². The highest BCUT2D eigenvalue weighted by Gasteiger charge is 2.11. The van der Waals surface area contributed by atoms with E-state index in [1.165, 1.54) is 0 Å². The maximum atomic E-state index is 5.24. The summed E-state index contributed by atoms with van der Waals surface area (Å²) >= 11 is 0. The first-order valence-corrected chi connectivity index (χ1v) is 4.65. The lowest BCUT2D eigenvalue weighted by Gasteiger charge is -2.18. The van der Waals surface area contributed by atoms with Gasteiger partial charge in [-0.1, -0.05) is 13.8 Å². The van der Waals surface area contributed by atoms with Crippen molar-refractivity contribution in [3.05, 3.63) is 11.8 Å². The number of hydrogen-bond acceptors (Lipinski definition) is 3. The molecule has 0 aliphatic heterocycles. The first-order valence-electron chi connectivity index (χ1n) is 4.65. The number of likely N-dealkylation sites (N-methyl/N-ethyl adjacent to an activating group) is 1. The topological polar surface area (TPSA) is 30.5 Å². The molecule has 0 fully saturated rings. The van der Waals surface area contributed by atoms with Gasteiger partial charge >= 0.3 is 0 Å². The van der Waals surface area contributed by atoms with E-state index in [-0.39, 0.29) is 6.23 Å². The fourth-order valence-electron chi connectivity index (χ4n) is 1.04. The predicted octanol–water partition coefficient (Wildman–Crippen LogP) is 1.75. The van der Waals surface area contributed by atoms with E-state index in [0.717, 1.165) is 12.2 Å². The molecule has 0 aromatic carbocycles. The molecule has 0 aliphatic carbocycles. The Morgan fingerprint density at radius 1 is 1.46 bits per heavy atom. The largest absolute Gasteiger partial charge is 0.497 e. The normalized spacial score (nSPS) is 16.8. The van der Waals surface area contributed by atoms with Gasteiger partial charge in [-0.15, -0.1) is 0 Å². The van der Waals surface area contributed by atoms with E-state index < -0.39 is 0 Å². The summed E-state index contributed by atoms with van der Waals surface area (Å²) in [6, 6.07) is 0. The molecule has 0 aromatic heterocycles. The second-order valence-electron chi connectivity index (χ2n) is 3.06. The van der Waals surface area contributed by atoms with Crippen LogP contribution in [0, 0.1) is 5.92 Å². The summed E-state index contributed by atoms with van der Waals surface area (Å²) in [5.74, 6) is 1.36. The van der Waals surface area contributed by atoms with Crippen LogP contribution in [0.4, 0.5) is 0 Å². The Morgan fingerprint density at radius 3 is 2.38 bits per heavy atom. The van der Waals surface area contributed by atoms with E-state index in [1.807, 2.05) is 7.05 Å². The Morgan fingerprint density at radius 2 is 2.08 bits per heavy atom. The number of ether oxygens (including phenoxy) is 2. The molecule has 13 heavy (non-hydrogen) atoms.